The lowest BCUT2D eigenvalue weighted by molar-refractivity contribution is -0.140. The van der Waals surface area contributed by atoms with Crippen molar-refractivity contribution in [3.8, 4) is 5.75 Å². The van der Waals surface area contributed by atoms with Crippen LogP contribution in [0.2, 0.25) is 0 Å². The van der Waals surface area contributed by atoms with Crippen LogP contribution in [-0.2, 0) is 14.4 Å². The Labute approximate surface area is 160 Å². The van der Waals surface area contributed by atoms with Crippen LogP contribution in [0.1, 0.15) is 44.1 Å². The second-order valence-electron chi connectivity index (χ2n) is 7.44. The SMILES string of the molecule is Cc1cccc(OCCCNC(=O)CCN2C(=O)C3CCCCC3C2=O)c1. The van der Waals surface area contributed by atoms with E-state index in [4.69, 9.17) is 4.74 Å². The first-order valence-electron chi connectivity index (χ1n) is 9.87. The number of nitrogens with one attached hydrogen (secondary N) is 1. The Morgan fingerprint density at radius 3 is 2.56 bits per heavy atom. The quantitative estimate of drug-likeness (QED) is 0.562. The van der Waals surface area contributed by atoms with Crippen molar-refractivity contribution in [1.82, 2.24) is 10.2 Å². The largest absolute Gasteiger partial charge is 0.494 e. The molecule has 6 nitrogen and oxygen atoms in total. The topological polar surface area (TPSA) is 75.7 Å². The molecule has 27 heavy (non-hydrogen) atoms. The Bertz CT molecular complexity index is 679. The molecule has 0 aromatic heterocycles. The van der Waals surface area contributed by atoms with Crippen LogP contribution in [0.5, 0.6) is 5.75 Å². The normalized spacial score (nSPS) is 21.9. The van der Waals surface area contributed by atoms with E-state index in [9.17, 15) is 14.4 Å². The maximum Gasteiger partial charge on any atom is 0.233 e. The number of benzene rings is 1. The first-order chi connectivity index (χ1) is 13.1. The monoisotopic (exact) mass is 372 g/mol. The number of ether oxygens (including phenoxy) is 1. The van der Waals surface area contributed by atoms with Gasteiger partial charge in [0.05, 0.1) is 18.4 Å². The lowest BCUT2D eigenvalue weighted by atomic mass is 9.81. The number of likely N-dealkylation sites (tertiary alicyclic amines) is 1. The van der Waals surface area contributed by atoms with Crippen molar-refractivity contribution in [2.75, 3.05) is 19.7 Å². The van der Waals surface area contributed by atoms with Gasteiger partial charge in [0.15, 0.2) is 0 Å². The summed E-state index contributed by atoms with van der Waals surface area (Å²) in [4.78, 5) is 38.1. The van der Waals surface area contributed by atoms with Crippen molar-refractivity contribution in [3.05, 3.63) is 29.8 Å². The van der Waals surface area contributed by atoms with Crippen LogP contribution in [-0.4, -0.2) is 42.3 Å². The molecule has 3 amide bonds. The molecule has 0 radical (unpaired) electrons. The molecule has 146 valence electrons. The molecule has 0 bridgehead atoms. The zero-order chi connectivity index (χ0) is 19.2. The average molecular weight is 372 g/mol. The van der Waals surface area contributed by atoms with Gasteiger partial charge >= 0.3 is 0 Å². The fraction of sp³-hybridized carbons (Fsp3) is 0.571. The minimum atomic E-state index is -0.145. The molecular formula is C21H28N2O4. The summed E-state index contributed by atoms with van der Waals surface area (Å²) in [6.07, 6.45) is 4.50. The Morgan fingerprint density at radius 1 is 1.19 bits per heavy atom. The molecule has 1 aromatic rings. The highest BCUT2D eigenvalue weighted by molar-refractivity contribution is 6.05. The summed E-state index contributed by atoms with van der Waals surface area (Å²) < 4.78 is 5.64. The third kappa shape index (κ3) is 4.87. The van der Waals surface area contributed by atoms with Gasteiger partial charge in [0.2, 0.25) is 17.7 Å². The molecule has 0 spiro atoms. The van der Waals surface area contributed by atoms with Gasteiger partial charge in [0, 0.05) is 19.5 Å². The Balaban J connectivity index is 1.33. The van der Waals surface area contributed by atoms with Gasteiger partial charge in [0.1, 0.15) is 5.75 Å². The number of hydrogen-bond donors (Lipinski definition) is 1. The van der Waals surface area contributed by atoms with Gasteiger partial charge in [-0.15, -0.1) is 0 Å². The highest BCUT2D eigenvalue weighted by atomic mass is 16.5. The minimum absolute atomic E-state index is 0.0796. The number of fused-ring (bicyclic) bond motifs is 1. The number of carbonyl (C=O) groups is 3. The summed E-state index contributed by atoms with van der Waals surface area (Å²) in [5.74, 6) is 0.240. The van der Waals surface area contributed by atoms with Crippen molar-refractivity contribution in [1.29, 1.82) is 0 Å². The van der Waals surface area contributed by atoms with Crippen molar-refractivity contribution in [2.45, 2.75) is 45.4 Å². The molecule has 1 saturated carbocycles. The van der Waals surface area contributed by atoms with Crippen LogP contribution in [0.15, 0.2) is 24.3 Å². The Hall–Kier alpha value is -2.37. The lowest BCUT2D eigenvalue weighted by Crippen LogP contribution is -2.35. The summed E-state index contributed by atoms with van der Waals surface area (Å²) >= 11 is 0. The van der Waals surface area contributed by atoms with E-state index in [1.807, 2.05) is 31.2 Å². The molecule has 1 aliphatic carbocycles. The molecule has 6 heteroatoms. The van der Waals surface area contributed by atoms with Crippen LogP contribution in [0.25, 0.3) is 0 Å². The zero-order valence-corrected chi connectivity index (χ0v) is 15.9. The van der Waals surface area contributed by atoms with E-state index in [1.54, 1.807) is 0 Å². The summed E-state index contributed by atoms with van der Waals surface area (Å²) in [5, 5.41) is 2.83. The van der Waals surface area contributed by atoms with E-state index in [2.05, 4.69) is 5.32 Å². The molecule has 1 aromatic carbocycles. The van der Waals surface area contributed by atoms with Gasteiger partial charge in [-0.3, -0.25) is 19.3 Å². The van der Waals surface area contributed by atoms with E-state index in [1.165, 1.54) is 4.90 Å². The van der Waals surface area contributed by atoms with Crippen molar-refractivity contribution < 1.29 is 19.1 Å². The third-order valence-corrected chi connectivity index (χ3v) is 5.40. The molecule has 2 unspecified atom stereocenters. The van der Waals surface area contributed by atoms with Crippen molar-refractivity contribution in [3.63, 3.8) is 0 Å². The number of imide groups is 1. The molecule has 2 atom stereocenters. The molecule has 1 saturated heterocycles. The fourth-order valence-corrected chi connectivity index (χ4v) is 3.95. The van der Waals surface area contributed by atoms with Gasteiger partial charge in [-0.1, -0.05) is 25.0 Å². The minimum Gasteiger partial charge on any atom is -0.494 e. The number of aryl methyl sites for hydroxylation is 1. The second kappa shape index (κ2) is 9.02. The van der Waals surface area contributed by atoms with E-state index >= 15 is 0 Å². The molecule has 1 N–H and O–H groups in total. The summed E-state index contributed by atoms with van der Waals surface area (Å²) in [6.45, 7) is 3.24. The molecule has 1 heterocycles. The molecule has 1 aliphatic heterocycles. The van der Waals surface area contributed by atoms with Crippen molar-refractivity contribution >= 4 is 17.7 Å². The predicted molar refractivity (Wildman–Crippen MR) is 101 cm³/mol. The molecule has 2 aliphatic rings. The van der Waals surface area contributed by atoms with Gasteiger partial charge in [-0.2, -0.15) is 0 Å². The first kappa shape index (κ1) is 19.4. The van der Waals surface area contributed by atoms with E-state index in [0.717, 1.165) is 37.0 Å². The highest BCUT2D eigenvalue weighted by Crippen LogP contribution is 2.37. The lowest BCUT2D eigenvalue weighted by Gasteiger charge is -2.19. The van der Waals surface area contributed by atoms with Crippen LogP contribution >= 0.6 is 0 Å². The van der Waals surface area contributed by atoms with Gasteiger partial charge in [0.25, 0.3) is 0 Å². The van der Waals surface area contributed by atoms with Gasteiger partial charge in [-0.25, -0.2) is 0 Å². The van der Waals surface area contributed by atoms with Crippen molar-refractivity contribution in [2.24, 2.45) is 11.8 Å². The summed E-state index contributed by atoms with van der Waals surface area (Å²) in [5.41, 5.74) is 1.15. The smallest absolute Gasteiger partial charge is 0.233 e. The molecule has 2 fully saturated rings. The Morgan fingerprint density at radius 2 is 1.89 bits per heavy atom. The molecule has 3 rings (SSSR count). The fourth-order valence-electron chi connectivity index (χ4n) is 3.95. The second-order valence-corrected chi connectivity index (χ2v) is 7.44. The maximum atomic E-state index is 12.4. The number of amides is 3. The summed E-state index contributed by atoms with van der Waals surface area (Å²) in [6, 6.07) is 7.84. The van der Waals surface area contributed by atoms with Crippen LogP contribution < -0.4 is 10.1 Å². The Kier molecular flexibility index (Phi) is 6.48. The van der Waals surface area contributed by atoms with Gasteiger partial charge < -0.3 is 10.1 Å². The van der Waals surface area contributed by atoms with Crippen LogP contribution in [0.3, 0.4) is 0 Å². The number of rotatable bonds is 8. The number of nitrogens with zero attached hydrogens (tertiary/aromatic N) is 1. The average Bonchev–Trinajstić information content (AvgIpc) is 2.91. The van der Waals surface area contributed by atoms with Gasteiger partial charge in [-0.05, 0) is 43.9 Å². The maximum absolute atomic E-state index is 12.4. The van der Waals surface area contributed by atoms with E-state index in [-0.39, 0.29) is 42.5 Å². The number of carbonyl (C=O) groups excluding carboxylic acids is 3. The van der Waals surface area contributed by atoms with Crippen LogP contribution in [0, 0.1) is 18.8 Å². The highest BCUT2D eigenvalue weighted by Gasteiger charge is 2.47. The molecular weight excluding hydrogens is 344 g/mol. The standard InChI is InChI=1S/C21H28N2O4/c1-15-6-4-7-16(14-15)27-13-5-11-22-19(24)10-12-23-20(25)17-8-2-3-9-18(17)21(23)26/h4,6-7,14,17-18H,2-3,5,8-13H2,1H3,(H,22,24). The van der Waals surface area contributed by atoms with E-state index in [0.29, 0.717) is 19.6 Å². The summed E-state index contributed by atoms with van der Waals surface area (Å²) in [7, 11) is 0. The predicted octanol–water partition coefficient (Wildman–Crippen LogP) is 2.45. The third-order valence-electron chi connectivity index (χ3n) is 5.40. The van der Waals surface area contributed by atoms with E-state index < -0.39 is 0 Å². The number of hydrogen-bond acceptors (Lipinski definition) is 4. The van der Waals surface area contributed by atoms with Crippen LogP contribution in [0.4, 0.5) is 0 Å². The first-order valence-corrected chi connectivity index (χ1v) is 9.87. The zero-order valence-electron chi connectivity index (χ0n) is 15.9.